The summed E-state index contributed by atoms with van der Waals surface area (Å²) < 4.78 is 0. The van der Waals surface area contributed by atoms with Crippen molar-refractivity contribution in [3.63, 3.8) is 0 Å². The van der Waals surface area contributed by atoms with Crippen LogP contribution in [-0.4, -0.2) is 58.1 Å². The van der Waals surface area contributed by atoms with Crippen LogP contribution in [0.4, 0.5) is 5.69 Å². The molecular weight excluding hydrogens is 242 g/mol. The van der Waals surface area contributed by atoms with Crippen molar-refractivity contribution in [3.8, 4) is 0 Å². The highest BCUT2D eigenvalue weighted by Gasteiger charge is 2.36. The minimum Gasteiger partial charge on any atom is -0.395 e. The van der Waals surface area contributed by atoms with Gasteiger partial charge < -0.3 is 10.6 Å². The predicted octanol–water partition coefficient (Wildman–Crippen LogP) is 0.609. The van der Waals surface area contributed by atoms with Gasteiger partial charge in [0, 0.05) is 25.2 Å². The lowest BCUT2D eigenvalue weighted by atomic mass is 10.1. The standard InChI is InChI=1S/C13H21N5O/c1-8-11(14)12(16-15-8)13(19)18-6-5-9-3-4-10(7-18)17(9)2/h9-10H,3-7,14H2,1-2H3,(H,15,16). The van der Waals surface area contributed by atoms with E-state index in [1.54, 1.807) is 0 Å². The van der Waals surface area contributed by atoms with Crippen LogP contribution in [0.1, 0.15) is 35.4 Å². The van der Waals surface area contributed by atoms with E-state index in [0.717, 1.165) is 25.2 Å². The maximum atomic E-state index is 12.5. The van der Waals surface area contributed by atoms with Crippen molar-refractivity contribution in [2.45, 2.75) is 38.3 Å². The maximum Gasteiger partial charge on any atom is 0.276 e. The number of rotatable bonds is 1. The Morgan fingerprint density at radius 3 is 2.79 bits per heavy atom. The average molecular weight is 263 g/mol. The van der Waals surface area contributed by atoms with E-state index < -0.39 is 0 Å². The maximum absolute atomic E-state index is 12.5. The number of carbonyl (C=O) groups is 1. The molecule has 0 saturated carbocycles. The number of aromatic nitrogens is 2. The molecule has 104 valence electrons. The SMILES string of the molecule is Cc1[nH]nc(C(=O)N2CCC3CCC(C2)N3C)c1N. The van der Waals surface area contributed by atoms with Gasteiger partial charge in [0.25, 0.3) is 5.91 Å². The van der Waals surface area contributed by atoms with E-state index >= 15 is 0 Å². The number of anilines is 1. The smallest absolute Gasteiger partial charge is 0.276 e. The van der Waals surface area contributed by atoms with Crippen molar-refractivity contribution in [1.29, 1.82) is 0 Å². The summed E-state index contributed by atoms with van der Waals surface area (Å²) in [6.07, 6.45) is 3.48. The van der Waals surface area contributed by atoms with Gasteiger partial charge in [-0.2, -0.15) is 5.10 Å². The first-order valence-corrected chi connectivity index (χ1v) is 6.89. The van der Waals surface area contributed by atoms with Crippen molar-refractivity contribution in [1.82, 2.24) is 20.0 Å². The van der Waals surface area contributed by atoms with Crippen LogP contribution in [0, 0.1) is 6.92 Å². The number of aryl methyl sites for hydroxylation is 1. The normalized spacial score (nSPS) is 27.6. The molecule has 3 rings (SSSR count). The van der Waals surface area contributed by atoms with Crippen LogP contribution < -0.4 is 5.73 Å². The molecule has 0 spiro atoms. The van der Waals surface area contributed by atoms with E-state index in [4.69, 9.17) is 5.73 Å². The molecule has 1 amide bonds. The summed E-state index contributed by atoms with van der Waals surface area (Å²) in [7, 11) is 2.17. The van der Waals surface area contributed by atoms with Gasteiger partial charge >= 0.3 is 0 Å². The third kappa shape index (κ3) is 2.00. The van der Waals surface area contributed by atoms with E-state index in [1.165, 1.54) is 12.8 Å². The molecule has 2 aliphatic rings. The Morgan fingerprint density at radius 1 is 1.37 bits per heavy atom. The number of H-pyrrole nitrogens is 1. The average Bonchev–Trinajstić information content (AvgIpc) is 2.81. The Bertz CT molecular complexity index is 497. The lowest BCUT2D eigenvalue weighted by Gasteiger charge is -2.25. The number of fused-ring (bicyclic) bond motifs is 2. The molecule has 2 saturated heterocycles. The summed E-state index contributed by atoms with van der Waals surface area (Å²) in [4.78, 5) is 16.8. The fraction of sp³-hybridized carbons (Fsp3) is 0.692. The zero-order valence-electron chi connectivity index (χ0n) is 11.5. The molecule has 2 fully saturated rings. The number of aromatic amines is 1. The number of nitrogens with one attached hydrogen (secondary N) is 1. The van der Waals surface area contributed by atoms with Crippen molar-refractivity contribution in [3.05, 3.63) is 11.4 Å². The fourth-order valence-electron chi connectivity index (χ4n) is 3.24. The summed E-state index contributed by atoms with van der Waals surface area (Å²) in [6.45, 7) is 3.42. The summed E-state index contributed by atoms with van der Waals surface area (Å²) in [5.41, 5.74) is 7.51. The molecule has 2 bridgehead atoms. The van der Waals surface area contributed by atoms with Crippen LogP contribution in [0.15, 0.2) is 0 Å². The molecule has 6 heteroatoms. The minimum atomic E-state index is -0.0391. The first kappa shape index (κ1) is 12.5. The van der Waals surface area contributed by atoms with Crippen LogP contribution in [0.5, 0.6) is 0 Å². The number of likely N-dealkylation sites (tertiary alicyclic amines) is 1. The third-order valence-electron chi connectivity index (χ3n) is 4.63. The molecule has 19 heavy (non-hydrogen) atoms. The van der Waals surface area contributed by atoms with Crippen LogP contribution in [0.25, 0.3) is 0 Å². The van der Waals surface area contributed by atoms with Gasteiger partial charge in [0.15, 0.2) is 5.69 Å². The molecule has 1 aromatic heterocycles. The molecule has 2 unspecified atom stereocenters. The van der Waals surface area contributed by atoms with Crippen LogP contribution in [0.3, 0.4) is 0 Å². The van der Waals surface area contributed by atoms with Crippen LogP contribution in [-0.2, 0) is 0 Å². The first-order valence-electron chi connectivity index (χ1n) is 6.89. The third-order valence-corrected chi connectivity index (χ3v) is 4.63. The molecular formula is C13H21N5O. The van der Waals surface area contributed by atoms with Gasteiger partial charge in [-0.15, -0.1) is 0 Å². The molecule has 0 radical (unpaired) electrons. The van der Waals surface area contributed by atoms with Gasteiger partial charge in [-0.25, -0.2) is 0 Å². The summed E-state index contributed by atoms with van der Waals surface area (Å²) in [6, 6.07) is 1.11. The quantitative estimate of drug-likeness (QED) is 0.778. The Morgan fingerprint density at radius 2 is 2.11 bits per heavy atom. The Labute approximate surface area is 112 Å². The highest BCUT2D eigenvalue weighted by molar-refractivity contribution is 5.97. The van der Waals surface area contributed by atoms with Crippen molar-refractivity contribution < 1.29 is 4.79 Å². The second-order valence-electron chi connectivity index (χ2n) is 5.70. The Kier molecular flexibility index (Phi) is 2.97. The number of likely N-dealkylation sites (N-methyl/N-ethyl adjacent to an activating group) is 1. The van der Waals surface area contributed by atoms with E-state index in [2.05, 4.69) is 22.1 Å². The Balaban J connectivity index is 1.79. The Hall–Kier alpha value is -1.56. The van der Waals surface area contributed by atoms with Crippen molar-refractivity contribution >= 4 is 11.6 Å². The first-order chi connectivity index (χ1) is 9.08. The number of nitrogens with zero attached hydrogens (tertiary/aromatic N) is 3. The zero-order chi connectivity index (χ0) is 13.6. The molecule has 0 aliphatic carbocycles. The topological polar surface area (TPSA) is 78.2 Å². The second kappa shape index (κ2) is 4.52. The number of nitrogen functional groups attached to an aromatic ring is 1. The van der Waals surface area contributed by atoms with E-state index in [9.17, 15) is 4.79 Å². The number of hydrogen-bond acceptors (Lipinski definition) is 4. The van der Waals surface area contributed by atoms with Gasteiger partial charge in [-0.05, 0) is 33.2 Å². The number of amides is 1. The number of nitrogens with two attached hydrogens (primary N) is 1. The van der Waals surface area contributed by atoms with Crippen LogP contribution in [0.2, 0.25) is 0 Å². The lowest BCUT2D eigenvalue weighted by Crippen LogP contribution is -2.40. The molecule has 6 nitrogen and oxygen atoms in total. The molecule has 1 aromatic rings. The number of carbonyl (C=O) groups excluding carboxylic acids is 1. The molecule has 2 aliphatic heterocycles. The fourth-order valence-corrected chi connectivity index (χ4v) is 3.24. The van der Waals surface area contributed by atoms with Gasteiger partial charge in [0.05, 0.1) is 11.4 Å². The van der Waals surface area contributed by atoms with Crippen molar-refractivity contribution in [2.24, 2.45) is 0 Å². The van der Waals surface area contributed by atoms with Gasteiger partial charge in [0.2, 0.25) is 0 Å². The van der Waals surface area contributed by atoms with E-state index in [1.807, 2.05) is 11.8 Å². The molecule has 2 atom stereocenters. The van der Waals surface area contributed by atoms with Gasteiger partial charge in [0.1, 0.15) is 0 Å². The highest BCUT2D eigenvalue weighted by atomic mass is 16.2. The summed E-state index contributed by atoms with van der Waals surface area (Å²) >= 11 is 0. The predicted molar refractivity (Wildman–Crippen MR) is 72.8 cm³/mol. The molecule has 3 N–H and O–H groups in total. The van der Waals surface area contributed by atoms with E-state index in [0.29, 0.717) is 23.5 Å². The molecule has 3 heterocycles. The van der Waals surface area contributed by atoms with Crippen molar-refractivity contribution in [2.75, 3.05) is 25.9 Å². The monoisotopic (exact) mass is 263 g/mol. The highest BCUT2D eigenvalue weighted by Crippen LogP contribution is 2.29. The van der Waals surface area contributed by atoms with Gasteiger partial charge in [-0.1, -0.05) is 0 Å². The van der Waals surface area contributed by atoms with E-state index in [-0.39, 0.29) is 5.91 Å². The van der Waals surface area contributed by atoms with Gasteiger partial charge in [-0.3, -0.25) is 14.8 Å². The van der Waals surface area contributed by atoms with Crippen LogP contribution >= 0.6 is 0 Å². The summed E-state index contributed by atoms with van der Waals surface area (Å²) in [5, 5.41) is 6.83. The lowest BCUT2D eigenvalue weighted by molar-refractivity contribution is 0.0735. The largest absolute Gasteiger partial charge is 0.395 e. The minimum absolute atomic E-state index is 0.0391. The second-order valence-corrected chi connectivity index (χ2v) is 5.70. The molecule has 0 aromatic carbocycles. The summed E-state index contributed by atoms with van der Waals surface area (Å²) in [5.74, 6) is -0.0391. The number of hydrogen-bond donors (Lipinski definition) is 2. The zero-order valence-corrected chi connectivity index (χ0v) is 11.5.